The van der Waals surface area contributed by atoms with Gasteiger partial charge in [0.25, 0.3) is 0 Å². The highest BCUT2D eigenvalue weighted by Crippen LogP contribution is 2.25. The molecule has 2 aromatic carbocycles. The fraction of sp³-hybridized carbons (Fsp3) is 0.308. The first-order valence-electron chi connectivity index (χ1n) is 11.7. The van der Waals surface area contributed by atoms with Crippen molar-refractivity contribution in [3.8, 4) is 5.69 Å². The molecule has 35 heavy (non-hydrogen) atoms. The van der Waals surface area contributed by atoms with Crippen molar-refractivity contribution >= 4 is 22.7 Å². The largest absolute Gasteiger partial charge is 0.324 e. The van der Waals surface area contributed by atoms with Gasteiger partial charge in [0, 0.05) is 61.8 Å². The zero-order chi connectivity index (χ0) is 24.5. The normalized spacial score (nSPS) is 15.1. The summed E-state index contributed by atoms with van der Waals surface area (Å²) in [6.07, 6.45) is 3.34. The molecule has 0 bridgehead atoms. The number of benzene rings is 2. The van der Waals surface area contributed by atoms with Crippen LogP contribution in [0.15, 0.2) is 48.8 Å². The zero-order valence-electron chi connectivity index (χ0n) is 19.7. The van der Waals surface area contributed by atoms with Crippen LogP contribution in [0.5, 0.6) is 0 Å². The van der Waals surface area contributed by atoms with Gasteiger partial charge in [0.15, 0.2) is 0 Å². The van der Waals surface area contributed by atoms with Crippen LogP contribution in [-0.2, 0) is 6.54 Å². The van der Waals surface area contributed by atoms with Gasteiger partial charge < -0.3 is 14.8 Å². The van der Waals surface area contributed by atoms with Gasteiger partial charge in [-0.15, -0.1) is 0 Å². The highest BCUT2D eigenvalue weighted by atomic mass is 19.1. The summed E-state index contributed by atoms with van der Waals surface area (Å²) in [6.45, 7) is 8.41. The molecule has 6 nitrogen and oxygen atoms in total. The second kappa shape index (κ2) is 9.67. The predicted octanol–water partition coefficient (Wildman–Crippen LogP) is 5.03. The number of hydrogen-bond acceptors (Lipinski definition) is 5. The Morgan fingerprint density at radius 1 is 0.914 bits per heavy atom. The number of hydrogen-bond donors (Lipinski definition) is 1. The van der Waals surface area contributed by atoms with Crippen molar-refractivity contribution in [2.45, 2.75) is 20.4 Å². The van der Waals surface area contributed by atoms with Gasteiger partial charge in [0.05, 0.1) is 5.69 Å². The molecule has 0 atom stereocenters. The first-order chi connectivity index (χ1) is 16.9. The number of fused-ring (bicyclic) bond motifs is 1. The molecule has 4 aromatic rings. The number of nitrogens with zero attached hydrogens (tertiary/aromatic N) is 5. The van der Waals surface area contributed by atoms with Gasteiger partial charge in [0.1, 0.15) is 23.1 Å². The van der Waals surface area contributed by atoms with Gasteiger partial charge >= 0.3 is 0 Å². The lowest BCUT2D eigenvalue weighted by Crippen LogP contribution is -2.45. The third-order valence-electron chi connectivity index (χ3n) is 6.54. The van der Waals surface area contributed by atoms with Crippen LogP contribution < -0.4 is 5.32 Å². The smallest absolute Gasteiger partial charge is 0.229 e. The van der Waals surface area contributed by atoms with Gasteiger partial charge in [-0.2, -0.15) is 4.98 Å². The molecular formula is C26H27F3N6. The second-order valence-corrected chi connectivity index (χ2v) is 8.85. The molecule has 5 rings (SSSR count). The number of aromatic nitrogens is 3. The minimum atomic E-state index is -0.575. The van der Waals surface area contributed by atoms with Crippen molar-refractivity contribution in [3.63, 3.8) is 0 Å². The molecule has 0 saturated carbocycles. The minimum Gasteiger partial charge on any atom is -0.324 e. The van der Waals surface area contributed by atoms with E-state index >= 15 is 8.78 Å². The number of likely N-dealkylation sites (N-methyl/N-ethyl adjacent to an activating group) is 1. The number of aryl methyl sites for hydroxylation is 1. The number of nitrogens with one attached hydrogen (secondary N) is 1. The second-order valence-electron chi connectivity index (χ2n) is 8.85. The summed E-state index contributed by atoms with van der Waals surface area (Å²) in [5.41, 5.74) is 2.07. The fourth-order valence-electron chi connectivity index (χ4n) is 4.41. The first-order valence-corrected chi connectivity index (χ1v) is 11.7. The molecule has 1 N–H and O–H groups in total. The molecule has 9 heteroatoms. The van der Waals surface area contributed by atoms with Crippen LogP contribution >= 0.6 is 0 Å². The molecule has 0 spiro atoms. The van der Waals surface area contributed by atoms with Crippen LogP contribution in [-0.4, -0.2) is 57.1 Å². The van der Waals surface area contributed by atoms with E-state index in [1.54, 1.807) is 42.1 Å². The quantitative estimate of drug-likeness (QED) is 0.420. The van der Waals surface area contributed by atoms with E-state index in [2.05, 4.69) is 32.0 Å². The molecule has 0 aliphatic carbocycles. The third kappa shape index (κ3) is 4.87. The van der Waals surface area contributed by atoms with Crippen molar-refractivity contribution in [2.75, 3.05) is 38.0 Å². The van der Waals surface area contributed by atoms with E-state index in [0.29, 0.717) is 28.5 Å². The Kier molecular flexibility index (Phi) is 6.44. The van der Waals surface area contributed by atoms with Crippen molar-refractivity contribution in [2.24, 2.45) is 0 Å². The van der Waals surface area contributed by atoms with E-state index in [0.717, 1.165) is 38.1 Å². The number of anilines is 2. The van der Waals surface area contributed by atoms with Gasteiger partial charge in [-0.3, -0.25) is 4.90 Å². The SMILES string of the molecule is CCN1CCN(Cc2c(F)cc(-n3ccc4cnc(Nc5ccc(F)c(C)c5)nc43)cc2F)CC1. The molecule has 1 aliphatic heterocycles. The summed E-state index contributed by atoms with van der Waals surface area (Å²) in [7, 11) is 0. The van der Waals surface area contributed by atoms with Crippen LogP contribution in [0.4, 0.5) is 24.8 Å². The molecule has 0 amide bonds. The Balaban J connectivity index is 1.40. The molecule has 0 radical (unpaired) electrons. The molecule has 1 saturated heterocycles. The molecule has 0 unspecified atom stereocenters. The predicted molar refractivity (Wildman–Crippen MR) is 131 cm³/mol. The summed E-state index contributed by atoms with van der Waals surface area (Å²) >= 11 is 0. The Hall–Kier alpha value is -3.43. The van der Waals surface area contributed by atoms with Crippen LogP contribution in [0, 0.1) is 24.4 Å². The lowest BCUT2D eigenvalue weighted by atomic mass is 10.1. The van der Waals surface area contributed by atoms with E-state index in [4.69, 9.17) is 0 Å². The maximum absolute atomic E-state index is 15.1. The van der Waals surface area contributed by atoms with E-state index in [1.165, 1.54) is 18.2 Å². The summed E-state index contributed by atoms with van der Waals surface area (Å²) in [5.74, 6) is -1.15. The highest BCUT2D eigenvalue weighted by Gasteiger charge is 2.20. The topological polar surface area (TPSA) is 49.2 Å². The molecule has 1 fully saturated rings. The summed E-state index contributed by atoms with van der Waals surface area (Å²) < 4.78 is 45.3. The van der Waals surface area contributed by atoms with Gasteiger partial charge in [-0.05, 0) is 55.4 Å². The molecule has 1 aliphatic rings. The van der Waals surface area contributed by atoms with E-state index < -0.39 is 11.6 Å². The van der Waals surface area contributed by atoms with Crippen molar-refractivity contribution in [1.29, 1.82) is 0 Å². The summed E-state index contributed by atoms with van der Waals surface area (Å²) in [4.78, 5) is 13.2. The van der Waals surface area contributed by atoms with Crippen LogP contribution in [0.2, 0.25) is 0 Å². The van der Waals surface area contributed by atoms with E-state index in [-0.39, 0.29) is 17.9 Å². The highest BCUT2D eigenvalue weighted by molar-refractivity contribution is 5.78. The lowest BCUT2D eigenvalue weighted by Gasteiger charge is -2.34. The Bertz CT molecular complexity index is 1340. The van der Waals surface area contributed by atoms with Crippen LogP contribution in [0.1, 0.15) is 18.1 Å². The lowest BCUT2D eigenvalue weighted by molar-refractivity contribution is 0.129. The Morgan fingerprint density at radius 2 is 1.63 bits per heavy atom. The maximum atomic E-state index is 15.1. The van der Waals surface area contributed by atoms with Gasteiger partial charge in [-0.1, -0.05) is 6.92 Å². The average molecular weight is 481 g/mol. The zero-order valence-corrected chi connectivity index (χ0v) is 19.7. The standard InChI is InChI=1S/C26H27F3N6/c1-3-33-8-10-34(11-9-33)16-21-23(28)13-20(14-24(21)29)35-7-6-18-15-30-26(32-25(18)35)31-19-4-5-22(27)17(2)12-19/h4-7,12-15H,3,8-11,16H2,1-2H3,(H,30,31,32). The molecule has 2 aromatic heterocycles. The average Bonchev–Trinajstić information content (AvgIpc) is 3.27. The van der Waals surface area contributed by atoms with Crippen LogP contribution in [0.25, 0.3) is 16.7 Å². The maximum Gasteiger partial charge on any atom is 0.229 e. The Labute approximate surface area is 202 Å². The summed E-state index contributed by atoms with van der Waals surface area (Å²) in [6, 6.07) is 9.11. The molecule has 3 heterocycles. The third-order valence-corrected chi connectivity index (χ3v) is 6.54. The fourth-order valence-corrected chi connectivity index (χ4v) is 4.41. The molecular weight excluding hydrogens is 453 g/mol. The van der Waals surface area contributed by atoms with Crippen molar-refractivity contribution in [1.82, 2.24) is 24.3 Å². The molecule has 182 valence electrons. The first kappa shape index (κ1) is 23.3. The van der Waals surface area contributed by atoms with E-state index in [1.807, 2.05) is 0 Å². The number of rotatable bonds is 6. The Morgan fingerprint density at radius 3 is 2.31 bits per heavy atom. The summed E-state index contributed by atoms with van der Waals surface area (Å²) in [5, 5.41) is 3.78. The minimum absolute atomic E-state index is 0.0822. The van der Waals surface area contributed by atoms with Crippen molar-refractivity contribution < 1.29 is 13.2 Å². The van der Waals surface area contributed by atoms with Crippen LogP contribution in [0.3, 0.4) is 0 Å². The van der Waals surface area contributed by atoms with Crippen molar-refractivity contribution in [3.05, 3.63) is 77.4 Å². The van der Waals surface area contributed by atoms with Gasteiger partial charge in [0.2, 0.25) is 5.95 Å². The van der Waals surface area contributed by atoms with Gasteiger partial charge in [-0.25, -0.2) is 18.2 Å². The number of piperazine rings is 1. The monoisotopic (exact) mass is 480 g/mol. The van der Waals surface area contributed by atoms with E-state index in [9.17, 15) is 4.39 Å². The number of halogens is 3.